The van der Waals surface area contributed by atoms with E-state index in [9.17, 15) is 14.7 Å². The average molecular weight is 902 g/mol. The van der Waals surface area contributed by atoms with Gasteiger partial charge >= 0.3 is 11.9 Å². The second-order valence-corrected chi connectivity index (χ2v) is 22.7. The topological polar surface area (TPSA) is 104 Å². The van der Waals surface area contributed by atoms with E-state index in [1.54, 1.807) is 33.1 Å². The predicted molar refractivity (Wildman–Crippen MR) is 271 cm³/mol. The van der Waals surface area contributed by atoms with Gasteiger partial charge in [0.2, 0.25) is 0 Å². The number of aliphatic carboxylic acids is 2. The lowest BCUT2D eigenvalue weighted by atomic mass is 9.73. The summed E-state index contributed by atoms with van der Waals surface area (Å²) in [6.07, 6.45) is 7.90. The molecule has 0 aromatic heterocycles. The summed E-state index contributed by atoms with van der Waals surface area (Å²) in [6.45, 7) is 30.2. The molecule has 4 unspecified atom stereocenters. The van der Waals surface area contributed by atoms with Crippen molar-refractivity contribution in [3.63, 3.8) is 0 Å². The zero-order valence-corrected chi connectivity index (χ0v) is 43.0. The molecule has 356 valence electrons. The summed E-state index contributed by atoms with van der Waals surface area (Å²) in [7, 11) is 1.70. The lowest BCUT2D eigenvalue weighted by molar-refractivity contribution is -0.143. The summed E-state index contributed by atoms with van der Waals surface area (Å²) in [5, 5.41) is 28.2. The van der Waals surface area contributed by atoms with Gasteiger partial charge in [-0.1, -0.05) is 175 Å². The van der Waals surface area contributed by atoms with Crippen molar-refractivity contribution in [2.45, 2.75) is 148 Å². The van der Waals surface area contributed by atoms with Gasteiger partial charge in [-0.05, 0) is 144 Å². The van der Waals surface area contributed by atoms with Crippen molar-refractivity contribution in [1.29, 1.82) is 0 Å². The molecule has 4 aromatic rings. The number of carbonyl (C=O) groups is 2. The van der Waals surface area contributed by atoms with E-state index in [2.05, 4.69) is 119 Å². The molecule has 0 saturated heterocycles. The van der Waals surface area contributed by atoms with E-state index in [0.717, 1.165) is 48.4 Å². The van der Waals surface area contributed by atoms with Crippen LogP contribution in [0.2, 0.25) is 5.02 Å². The van der Waals surface area contributed by atoms with Gasteiger partial charge in [-0.25, -0.2) is 0 Å². The van der Waals surface area contributed by atoms with E-state index in [4.69, 9.17) is 26.6 Å². The third kappa shape index (κ3) is 26.5. The quantitative estimate of drug-likeness (QED) is 0.110. The first-order chi connectivity index (χ1) is 29.5. The molecule has 7 heteroatoms. The molecule has 0 bridgehead atoms. The number of rotatable bonds is 15. The average Bonchev–Trinajstić information content (AvgIpc) is 3.20. The molecule has 0 aliphatic carbocycles. The lowest BCUT2D eigenvalue weighted by Crippen LogP contribution is -2.27. The van der Waals surface area contributed by atoms with Crippen molar-refractivity contribution in [3.8, 4) is 11.5 Å². The summed E-state index contributed by atoms with van der Waals surface area (Å²) < 4.78 is 5.11. The molecular weight excluding hydrogens is 816 g/mol. The first-order valence-electron chi connectivity index (χ1n) is 23.1. The van der Waals surface area contributed by atoms with Crippen LogP contribution in [0.4, 0.5) is 0 Å². The van der Waals surface area contributed by atoms with Crippen LogP contribution in [-0.4, -0.2) is 34.4 Å². The summed E-state index contributed by atoms with van der Waals surface area (Å²) in [4.78, 5) is 22.0. The van der Waals surface area contributed by atoms with E-state index >= 15 is 0 Å². The van der Waals surface area contributed by atoms with Gasteiger partial charge in [-0.15, -0.1) is 0 Å². The zero-order chi connectivity index (χ0) is 48.9. The zero-order valence-electron chi connectivity index (χ0n) is 42.2. The molecule has 0 fully saturated rings. The molecule has 4 aromatic carbocycles. The van der Waals surface area contributed by atoms with Gasteiger partial charge in [-0.2, -0.15) is 0 Å². The van der Waals surface area contributed by atoms with Crippen LogP contribution in [0.1, 0.15) is 145 Å². The van der Waals surface area contributed by atoms with Gasteiger partial charge in [0.15, 0.2) is 0 Å². The van der Waals surface area contributed by atoms with Crippen molar-refractivity contribution in [2.75, 3.05) is 7.11 Å². The Bertz CT molecular complexity index is 1870. The number of benzene rings is 4. The van der Waals surface area contributed by atoms with Gasteiger partial charge in [0, 0.05) is 5.02 Å². The van der Waals surface area contributed by atoms with Crippen molar-refractivity contribution < 1.29 is 29.6 Å². The maximum absolute atomic E-state index is 11.0. The highest BCUT2D eigenvalue weighted by atomic mass is 35.5. The normalized spacial score (nSPS) is 13.6. The molecule has 64 heavy (non-hydrogen) atoms. The van der Waals surface area contributed by atoms with Crippen LogP contribution < -0.4 is 4.74 Å². The highest BCUT2D eigenvalue weighted by molar-refractivity contribution is 6.30. The summed E-state index contributed by atoms with van der Waals surface area (Å²) >= 11 is 5.80. The fraction of sp³-hybridized carbons (Fsp3) is 0.544. The molecule has 0 amide bonds. The first-order valence-corrected chi connectivity index (χ1v) is 23.5. The highest BCUT2D eigenvalue weighted by Crippen LogP contribution is 2.36. The van der Waals surface area contributed by atoms with E-state index < -0.39 is 11.9 Å². The number of aryl methyl sites for hydroxylation is 2. The van der Waals surface area contributed by atoms with E-state index in [1.807, 2.05) is 54.6 Å². The Kier molecular flexibility index (Phi) is 24.6. The minimum atomic E-state index is -0.736. The number of aromatic hydroxyl groups is 1. The number of phenols is 1. The molecule has 0 aliphatic heterocycles. The summed E-state index contributed by atoms with van der Waals surface area (Å²) in [6, 6.07) is 33.9. The standard InChI is InChI=1S/C16H24O3.C16H24O2.C13H20O.C12H17Cl/c1-11(15(18)19)9-13(16(2,3)4)10-12-5-7-14(17)8-6-12;1-12(15(17)18)10-14(16(2,3)4)11-13-8-6-5-7-9-13;1-13(2,3)10-9-11-5-7-12(14-4)8-6-11;1-12(2,3)9-8-10-4-6-11(13)7-5-10/h5-8,11,13,17H,9-10H2,1-4H3,(H,18,19);5-9,12,14H,10-11H2,1-4H3,(H,17,18);5-8H,9-10H2,1-4H3;4-7H,8-9H2,1-3H3. The molecule has 0 aliphatic rings. The van der Waals surface area contributed by atoms with Crippen molar-refractivity contribution in [1.82, 2.24) is 0 Å². The fourth-order valence-electron chi connectivity index (χ4n) is 6.84. The summed E-state index contributed by atoms with van der Waals surface area (Å²) in [5.41, 5.74) is 6.20. The number of halogens is 1. The number of ether oxygens (including phenoxy) is 1. The molecular formula is C57H85ClO6. The van der Waals surface area contributed by atoms with Gasteiger partial charge in [0.05, 0.1) is 18.9 Å². The van der Waals surface area contributed by atoms with E-state index in [-0.39, 0.29) is 28.4 Å². The first kappa shape index (κ1) is 57.7. The van der Waals surface area contributed by atoms with Crippen LogP contribution in [0.15, 0.2) is 103 Å². The van der Waals surface area contributed by atoms with Crippen LogP contribution in [-0.2, 0) is 35.3 Å². The molecule has 0 heterocycles. The Morgan fingerprint density at radius 3 is 1.20 bits per heavy atom. The highest BCUT2D eigenvalue weighted by Gasteiger charge is 2.29. The molecule has 0 radical (unpaired) electrons. The van der Waals surface area contributed by atoms with Gasteiger partial charge in [-0.3, -0.25) is 9.59 Å². The van der Waals surface area contributed by atoms with E-state index in [0.29, 0.717) is 29.1 Å². The smallest absolute Gasteiger partial charge is 0.306 e. The van der Waals surface area contributed by atoms with Crippen molar-refractivity contribution in [3.05, 3.63) is 130 Å². The van der Waals surface area contributed by atoms with Gasteiger partial charge in [0.1, 0.15) is 11.5 Å². The number of hydrogen-bond acceptors (Lipinski definition) is 4. The largest absolute Gasteiger partial charge is 0.508 e. The molecule has 0 spiro atoms. The number of carboxylic acids is 2. The van der Waals surface area contributed by atoms with Gasteiger partial charge < -0.3 is 20.1 Å². The van der Waals surface area contributed by atoms with Crippen molar-refractivity contribution in [2.24, 2.45) is 45.3 Å². The molecule has 3 N–H and O–H groups in total. The third-order valence-corrected chi connectivity index (χ3v) is 12.0. The maximum Gasteiger partial charge on any atom is 0.306 e. The van der Waals surface area contributed by atoms with E-state index in [1.165, 1.54) is 29.5 Å². The number of phenolic OH excluding ortho intramolecular Hbond substituents is 1. The Balaban J connectivity index is 0.000000431. The van der Waals surface area contributed by atoms with Crippen molar-refractivity contribution >= 4 is 23.5 Å². The Morgan fingerprint density at radius 2 is 0.875 bits per heavy atom. The number of methoxy groups -OCH3 is 1. The maximum atomic E-state index is 11.0. The molecule has 4 rings (SSSR count). The van der Waals surface area contributed by atoms with Crippen LogP contribution in [0.25, 0.3) is 0 Å². The van der Waals surface area contributed by atoms with Crippen LogP contribution in [0, 0.1) is 45.3 Å². The van der Waals surface area contributed by atoms with Crippen LogP contribution in [0.3, 0.4) is 0 Å². The minimum Gasteiger partial charge on any atom is -0.508 e. The minimum absolute atomic E-state index is 0.0571. The number of hydrogen-bond donors (Lipinski definition) is 3. The third-order valence-electron chi connectivity index (χ3n) is 11.7. The SMILES string of the molecule is CC(C)(C)CCc1ccc(Cl)cc1.CC(CC(Cc1ccc(O)cc1)C(C)(C)C)C(=O)O.CC(CC(Cc1ccccc1)C(C)(C)C)C(=O)O.COc1ccc(CCC(C)(C)C)cc1. The monoisotopic (exact) mass is 901 g/mol. The Labute approximate surface area is 394 Å². The molecule has 6 nitrogen and oxygen atoms in total. The summed E-state index contributed by atoms with van der Waals surface area (Å²) in [5.74, 6) is -0.176. The lowest BCUT2D eigenvalue weighted by Gasteiger charge is -2.32. The number of carboxylic acid groups (broad SMARTS) is 2. The second-order valence-electron chi connectivity index (χ2n) is 22.2. The van der Waals surface area contributed by atoms with Crippen LogP contribution >= 0.6 is 11.6 Å². The Morgan fingerprint density at radius 1 is 0.531 bits per heavy atom. The van der Waals surface area contributed by atoms with Crippen LogP contribution in [0.5, 0.6) is 11.5 Å². The predicted octanol–water partition coefficient (Wildman–Crippen LogP) is 15.7. The Hall–Kier alpha value is -4.29. The fourth-order valence-corrected chi connectivity index (χ4v) is 6.96. The molecule has 4 atom stereocenters. The van der Waals surface area contributed by atoms with Gasteiger partial charge in [0.25, 0.3) is 0 Å². The second kappa shape index (κ2) is 27.2. The molecule has 0 saturated carbocycles.